The highest BCUT2D eigenvalue weighted by molar-refractivity contribution is 9.36. The molecule has 2 heteroatoms. The first-order chi connectivity index (χ1) is 1.91. The van der Waals surface area contributed by atoms with Crippen LogP contribution >= 0.6 is 22.8 Å². The molecule has 1 unspecified atom stereocenters. The molecule has 0 saturated heterocycles. The van der Waals surface area contributed by atoms with Crippen molar-refractivity contribution in [3.63, 3.8) is 0 Å². The van der Waals surface area contributed by atoms with Crippen molar-refractivity contribution in [2.45, 2.75) is 0 Å². The van der Waals surface area contributed by atoms with Gasteiger partial charge in [-0.2, -0.15) is 0 Å². The standard InChI is InChI=1S/C2H5BrP/c1-2-4-3/h4H,1-2H2. The van der Waals surface area contributed by atoms with Gasteiger partial charge in [0, 0.05) is 0 Å². The Labute approximate surface area is 36.5 Å². The van der Waals surface area contributed by atoms with Crippen molar-refractivity contribution in [3.05, 3.63) is 6.92 Å². The molecule has 0 fully saturated rings. The normalized spacial score (nSPS) is 10.5. The summed E-state index contributed by atoms with van der Waals surface area (Å²) >= 11 is 3.21. The summed E-state index contributed by atoms with van der Waals surface area (Å²) < 4.78 is 0. The lowest BCUT2D eigenvalue weighted by Gasteiger charge is -1.66. The third-order valence-corrected chi connectivity index (χ3v) is 1.47. The average molecular weight is 140 g/mol. The van der Waals surface area contributed by atoms with Gasteiger partial charge in [-0.3, -0.25) is 0 Å². The molecule has 25 valence electrons. The van der Waals surface area contributed by atoms with Gasteiger partial charge in [-0.1, -0.05) is 22.8 Å². The molecule has 0 saturated carbocycles. The first-order valence-corrected chi connectivity index (χ1v) is 4.51. The molecule has 0 spiro atoms. The van der Waals surface area contributed by atoms with Crippen LogP contribution in [0.4, 0.5) is 0 Å². The highest BCUT2D eigenvalue weighted by Gasteiger charge is 1.58. The molecule has 0 bridgehead atoms. The zero-order chi connectivity index (χ0) is 3.41. The average Bonchev–Trinajstić information content (AvgIpc) is 1.37. The van der Waals surface area contributed by atoms with E-state index in [-0.39, 0.29) is 0 Å². The number of hydrogen-bond donors (Lipinski definition) is 0. The second-order valence-electron chi connectivity index (χ2n) is 0.384. The Bertz CT molecular complexity index is 8.00. The van der Waals surface area contributed by atoms with E-state index in [1.165, 1.54) is 0 Å². The minimum atomic E-state index is 0.842. The van der Waals surface area contributed by atoms with Crippen molar-refractivity contribution in [1.82, 2.24) is 0 Å². The van der Waals surface area contributed by atoms with E-state index < -0.39 is 0 Å². The summed E-state index contributed by atoms with van der Waals surface area (Å²) in [4.78, 5) is 0. The molecular weight excluding hydrogens is 135 g/mol. The van der Waals surface area contributed by atoms with Gasteiger partial charge in [0.25, 0.3) is 0 Å². The van der Waals surface area contributed by atoms with Gasteiger partial charge in [-0.25, -0.2) is 0 Å². The van der Waals surface area contributed by atoms with Crippen LogP contribution in [0.2, 0.25) is 0 Å². The van der Waals surface area contributed by atoms with E-state index in [2.05, 4.69) is 22.4 Å². The van der Waals surface area contributed by atoms with Crippen LogP contribution in [-0.4, -0.2) is 6.16 Å². The maximum atomic E-state index is 3.57. The number of halogens is 1. The molecule has 4 heavy (non-hydrogen) atoms. The Hall–Kier alpha value is 0.910. The van der Waals surface area contributed by atoms with Gasteiger partial charge in [0.2, 0.25) is 0 Å². The summed E-state index contributed by atoms with van der Waals surface area (Å²) in [5, 5.41) is 0. The van der Waals surface area contributed by atoms with E-state index >= 15 is 0 Å². The predicted molar refractivity (Wildman–Crippen MR) is 27.5 cm³/mol. The molecule has 0 aliphatic heterocycles. The highest BCUT2D eigenvalue weighted by atomic mass is 79.9. The maximum Gasteiger partial charge on any atom is -0.0255 e. The van der Waals surface area contributed by atoms with Gasteiger partial charge >= 0.3 is 0 Å². The lowest BCUT2D eigenvalue weighted by atomic mass is 11.0. The van der Waals surface area contributed by atoms with Crippen LogP contribution in [-0.2, 0) is 0 Å². The van der Waals surface area contributed by atoms with Gasteiger partial charge < -0.3 is 0 Å². The van der Waals surface area contributed by atoms with E-state index in [9.17, 15) is 0 Å². The molecule has 0 amide bonds. The Morgan fingerprint density at radius 3 is 2.25 bits per heavy atom. The lowest BCUT2D eigenvalue weighted by Crippen LogP contribution is -1.42. The van der Waals surface area contributed by atoms with E-state index in [1.54, 1.807) is 0 Å². The molecule has 0 aromatic rings. The smallest absolute Gasteiger partial charge is 0.0255 e. The van der Waals surface area contributed by atoms with E-state index in [0.717, 1.165) is 13.4 Å². The molecule has 0 rings (SSSR count). The molecule has 1 radical (unpaired) electrons. The van der Waals surface area contributed by atoms with Gasteiger partial charge in [0.15, 0.2) is 0 Å². The molecular formula is C2H5BrP. The van der Waals surface area contributed by atoms with Crippen LogP contribution in [0, 0.1) is 6.92 Å². The van der Waals surface area contributed by atoms with Gasteiger partial charge in [-0.05, 0) is 13.1 Å². The third-order valence-electron chi connectivity index (χ3n) is 0.0945. The quantitative estimate of drug-likeness (QED) is 0.487. The Kier molecular flexibility index (Phi) is 4.80. The second-order valence-corrected chi connectivity index (χ2v) is 2.83. The Balaban J connectivity index is 1.97. The first-order valence-electron chi connectivity index (χ1n) is 1.04. The summed E-state index contributed by atoms with van der Waals surface area (Å²) in [6.45, 7) is 3.57. The first kappa shape index (κ1) is 4.91. The van der Waals surface area contributed by atoms with Crippen LogP contribution in [0.5, 0.6) is 0 Å². The molecule has 1 atom stereocenters. The molecule has 0 N–H and O–H groups in total. The molecule has 0 aliphatic rings. The predicted octanol–water partition coefficient (Wildman–Crippen LogP) is 1.81. The van der Waals surface area contributed by atoms with Crippen LogP contribution in [0.3, 0.4) is 0 Å². The van der Waals surface area contributed by atoms with Crippen molar-refractivity contribution in [2.24, 2.45) is 0 Å². The van der Waals surface area contributed by atoms with E-state index in [4.69, 9.17) is 0 Å². The number of rotatable bonds is 1. The lowest BCUT2D eigenvalue weighted by molar-refractivity contribution is 1.84. The zero-order valence-corrected chi connectivity index (χ0v) is 4.88. The van der Waals surface area contributed by atoms with Crippen molar-refractivity contribution in [3.8, 4) is 0 Å². The minimum Gasteiger partial charge on any atom is -0.0642 e. The summed E-state index contributed by atoms with van der Waals surface area (Å²) in [7, 11) is 0.842. The highest BCUT2D eigenvalue weighted by Crippen LogP contribution is 2.16. The Morgan fingerprint density at radius 1 is 2.00 bits per heavy atom. The monoisotopic (exact) mass is 139 g/mol. The van der Waals surface area contributed by atoms with Crippen molar-refractivity contribution >= 4 is 22.8 Å². The summed E-state index contributed by atoms with van der Waals surface area (Å²) in [5.74, 6) is 0. The fraction of sp³-hybridized carbons (Fsp3) is 0.500. The molecule has 0 aromatic heterocycles. The topological polar surface area (TPSA) is 0 Å². The maximum absolute atomic E-state index is 3.57. The van der Waals surface area contributed by atoms with Crippen LogP contribution in [0.15, 0.2) is 0 Å². The summed E-state index contributed by atoms with van der Waals surface area (Å²) in [6, 6.07) is 0. The van der Waals surface area contributed by atoms with Crippen LogP contribution in [0.1, 0.15) is 0 Å². The van der Waals surface area contributed by atoms with Gasteiger partial charge in [0.1, 0.15) is 0 Å². The SMILES string of the molecule is [CH2]CPBr. The van der Waals surface area contributed by atoms with Gasteiger partial charge in [-0.15, -0.1) is 0 Å². The molecule has 0 aromatic carbocycles. The second kappa shape index (κ2) is 3.91. The van der Waals surface area contributed by atoms with E-state index in [0.29, 0.717) is 0 Å². The number of hydrogen-bond acceptors (Lipinski definition) is 0. The fourth-order valence-electron chi connectivity index (χ4n) is 0. The molecule has 0 heterocycles. The molecule has 0 nitrogen and oxygen atoms in total. The van der Waals surface area contributed by atoms with E-state index in [1.807, 2.05) is 0 Å². The zero-order valence-electron chi connectivity index (χ0n) is 2.29. The van der Waals surface area contributed by atoms with Crippen LogP contribution < -0.4 is 0 Å². The van der Waals surface area contributed by atoms with Gasteiger partial charge in [0.05, 0.1) is 0 Å². The summed E-state index contributed by atoms with van der Waals surface area (Å²) in [6.07, 6.45) is 1.01. The van der Waals surface area contributed by atoms with Crippen molar-refractivity contribution in [2.75, 3.05) is 6.16 Å². The summed E-state index contributed by atoms with van der Waals surface area (Å²) in [5.41, 5.74) is 0. The van der Waals surface area contributed by atoms with Crippen LogP contribution in [0.25, 0.3) is 0 Å². The fourth-order valence-corrected chi connectivity index (χ4v) is 0. The third kappa shape index (κ3) is 2.91. The molecule has 0 aliphatic carbocycles. The van der Waals surface area contributed by atoms with Crippen molar-refractivity contribution in [1.29, 1.82) is 0 Å². The largest absolute Gasteiger partial charge is 0.0642 e. The minimum absolute atomic E-state index is 0.842. The Morgan fingerprint density at radius 2 is 2.25 bits per heavy atom. The van der Waals surface area contributed by atoms with Crippen molar-refractivity contribution < 1.29 is 0 Å².